The van der Waals surface area contributed by atoms with Crippen molar-refractivity contribution in [2.24, 2.45) is 11.0 Å². The SMILES string of the molecule is CC1=NNC2(C)NC(=O)NC(C)C12. The molecule has 0 radical (unpaired) electrons. The van der Waals surface area contributed by atoms with Crippen LogP contribution in [0.5, 0.6) is 0 Å². The number of amides is 2. The molecule has 0 saturated carbocycles. The largest absolute Gasteiger partial charge is 0.335 e. The third kappa shape index (κ3) is 1.07. The van der Waals surface area contributed by atoms with Gasteiger partial charge in [-0.15, -0.1) is 0 Å². The van der Waals surface area contributed by atoms with E-state index in [1.807, 2.05) is 20.8 Å². The van der Waals surface area contributed by atoms with Crippen molar-refractivity contribution in [2.75, 3.05) is 0 Å². The van der Waals surface area contributed by atoms with E-state index < -0.39 is 5.66 Å². The topological polar surface area (TPSA) is 65.5 Å². The van der Waals surface area contributed by atoms with Gasteiger partial charge in [0, 0.05) is 11.8 Å². The highest BCUT2D eigenvalue weighted by molar-refractivity contribution is 5.90. The fourth-order valence-electron chi connectivity index (χ4n) is 2.29. The zero-order chi connectivity index (χ0) is 9.64. The molecule has 2 aliphatic rings. The lowest BCUT2D eigenvalue weighted by molar-refractivity contribution is 0.167. The molecule has 13 heavy (non-hydrogen) atoms. The molecule has 0 aromatic rings. The third-order valence-electron chi connectivity index (χ3n) is 2.77. The molecule has 5 nitrogen and oxygen atoms in total. The lowest BCUT2D eigenvalue weighted by atomic mass is 9.84. The third-order valence-corrected chi connectivity index (χ3v) is 2.77. The Balaban J connectivity index is 2.30. The lowest BCUT2D eigenvalue weighted by Crippen LogP contribution is -2.69. The molecule has 0 aliphatic carbocycles. The summed E-state index contributed by atoms with van der Waals surface area (Å²) in [4.78, 5) is 11.2. The highest BCUT2D eigenvalue weighted by Gasteiger charge is 2.48. The summed E-state index contributed by atoms with van der Waals surface area (Å²) >= 11 is 0. The van der Waals surface area contributed by atoms with Gasteiger partial charge >= 0.3 is 6.03 Å². The van der Waals surface area contributed by atoms with Gasteiger partial charge < -0.3 is 10.6 Å². The number of hydrogen-bond donors (Lipinski definition) is 3. The quantitative estimate of drug-likeness (QED) is 0.493. The van der Waals surface area contributed by atoms with E-state index in [-0.39, 0.29) is 18.0 Å². The highest BCUT2D eigenvalue weighted by Crippen LogP contribution is 2.27. The van der Waals surface area contributed by atoms with E-state index in [1.165, 1.54) is 0 Å². The molecule has 1 saturated heterocycles. The first-order chi connectivity index (χ1) is 6.03. The molecular weight excluding hydrogens is 168 g/mol. The van der Waals surface area contributed by atoms with Gasteiger partial charge in [-0.1, -0.05) is 0 Å². The van der Waals surface area contributed by atoms with Crippen molar-refractivity contribution in [1.29, 1.82) is 0 Å². The molecule has 0 aromatic heterocycles. The summed E-state index contributed by atoms with van der Waals surface area (Å²) in [5.74, 6) is 0.227. The molecule has 2 amide bonds. The molecule has 0 spiro atoms. The maximum Gasteiger partial charge on any atom is 0.316 e. The predicted octanol–water partition coefficient (Wildman–Crippen LogP) is -0.000800. The van der Waals surface area contributed by atoms with E-state index in [4.69, 9.17) is 0 Å². The van der Waals surface area contributed by atoms with Crippen molar-refractivity contribution in [2.45, 2.75) is 32.5 Å². The van der Waals surface area contributed by atoms with Crippen LogP contribution in [-0.2, 0) is 0 Å². The number of fused-ring (bicyclic) bond motifs is 1. The summed E-state index contributed by atoms with van der Waals surface area (Å²) in [6.07, 6.45) is 0. The summed E-state index contributed by atoms with van der Waals surface area (Å²) in [6, 6.07) is -0.0128. The minimum atomic E-state index is -0.411. The molecule has 3 unspecified atom stereocenters. The van der Waals surface area contributed by atoms with Gasteiger partial charge in [-0.05, 0) is 20.8 Å². The highest BCUT2D eigenvalue weighted by atomic mass is 16.2. The molecule has 72 valence electrons. The van der Waals surface area contributed by atoms with Gasteiger partial charge in [0.25, 0.3) is 0 Å². The second-order valence-corrected chi connectivity index (χ2v) is 3.93. The number of urea groups is 1. The number of hydrazone groups is 1. The van der Waals surface area contributed by atoms with Crippen LogP contribution in [0.15, 0.2) is 5.10 Å². The van der Waals surface area contributed by atoms with E-state index in [1.54, 1.807) is 0 Å². The number of nitrogens with zero attached hydrogens (tertiary/aromatic N) is 1. The van der Waals surface area contributed by atoms with Crippen LogP contribution in [0.1, 0.15) is 20.8 Å². The zero-order valence-corrected chi connectivity index (χ0v) is 8.01. The summed E-state index contributed by atoms with van der Waals surface area (Å²) in [7, 11) is 0. The maximum absolute atomic E-state index is 11.2. The Morgan fingerprint density at radius 1 is 1.54 bits per heavy atom. The summed E-state index contributed by atoms with van der Waals surface area (Å²) < 4.78 is 0. The van der Waals surface area contributed by atoms with Gasteiger partial charge in [0.2, 0.25) is 0 Å². The number of carbonyl (C=O) groups is 1. The second kappa shape index (κ2) is 2.37. The molecule has 0 bridgehead atoms. The van der Waals surface area contributed by atoms with E-state index in [0.717, 1.165) is 5.71 Å². The molecule has 2 rings (SSSR count). The Kier molecular flexibility index (Phi) is 1.52. The van der Waals surface area contributed by atoms with Crippen molar-refractivity contribution in [3.63, 3.8) is 0 Å². The van der Waals surface area contributed by atoms with Crippen molar-refractivity contribution in [1.82, 2.24) is 16.1 Å². The lowest BCUT2D eigenvalue weighted by Gasteiger charge is -2.40. The van der Waals surface area contributed by atoms with Crippen LogP contribution in [0, 0.1) is 5.92 Å². The number of carbonyl (C=O) groups excluding carboxylic acids is 1. The maximum atomic E-state index is 11.2. The normalized spacial score (nSPS) is 42.7. The van der Waals surface area contributed by atoms with Crippen LogP contribution in [0.3, 0.4) is 0 Å². The Hall–Kier alpha value is -1.26. The smallest absolute Gasteiger partial charge is 0.316 e. The van der Waals surface area contributed by atoms with Crippen molar-refractivity contribution >= 4 is 11.7 Å². The fraction of sp³-hybridized carbons (Fsp3) is 0.750. The van der Waals surface area contributed by atoms with E-state index >= 15 is 0 Å². The first kappa shape index (κ1) is 8.34. The summed E-state index contributed by atoms with van der Waals surface area (Å²) in [5, 5.41) is 9.82. The van der Waals surface area contributed by atoms with Gasteiger partial charge in [0.05, 0.1) is 5.92 Å². The zero-order valence-electron chi connectivity index (χ0n) is 8.01. The van der Waals surface area contributed by atoms with Crippen LogP contribution in [0.2, 0.25) is 0 Å². The molecule has 2 aliphatic heterocycles. The Bertz CT molecular complexity index is 288. The molecular formula is C8H14N4O. The average Bonchev–Trinajstić information content (AvgIpc) is 2.26. The fourth-order valence-corrected chi connectivity index (χ4v) is 2.29. The van der Waals surface area contributed by atoms with Gasteiger partial charge in [-0.3, -0.25) is 5.43 Å². The predicted molar refractivity (Wildman–Crippen MR) is 49.3 cm³/mol. The second-order valence-electron chi connectivity index (χ2n) is 3.93. The van der Waals surface area contributed by atoms with Crippen molar-refractivity contribution < 1.29 is 4.79 Å². The molecule has 3 N–H and O–H groups in total. The first-order valence-corrected chi connectivity index (χ1v) is 4.43. The molecule has 0 aromatic carbocycles. The van der Waals surface area contributed by atoms with Gasteiger partial charge in [-0.2, -0.15) is 5.10 Å². The molecule has 5 heteroatoms. The summed E-state index contributed by atoms with van der Waals surface area (Å²) in [5.41, 5.74) is 3.58. The number of nitrogens with one attached hydrogen (secondary N) is 3. The van der Waals surface area contributed by atoms with E-state index in [9.17, 15) is 4.79 Å². The summed E-state index contributed by atoms with van der Waals surface area (Å²) in [6.45, 7) is 5.92. The van der Waals surface area contributed by atoms with Gasteiger partial charge in [0.15, 0.2) is 0 Å². The van der Waals surface area contributed by atoms with Crippen molar-refractivity contribution in [3.05, 3.63) is 0 Å². The van der Waals surface area contributed by atoms with Gasteiger partial charge in [-0.25, -0.2) is 4.79 Å². The molecule has 1 fully saturated rings. The first-order valence-electron chi connectivity index (χ1n) is 4.43. The monoisotopic (exact) mass is 182 g/mol. The number of rotatable bonds is 0. The van der Waals surface area contributed by atoms with E-state index in [0.29, 0.717) is 0 Å². The Labute approximate surface area is 77.0 Å². The van der Waals surface area contributed by atoms with Crippen LogP contribution >= 0.6 is 0 Å². The van der Waals surface area contributed by atoms with Crippen LogP contribution in [0.4, 0.5) is 4.79 Å². The standard InChI is InChI=1S/C8H14N4O/c1-4-6-5(2)11-12-8(6,3)10-7(13)9-4/h4,6,12H,1-3H3,(H2,9,10,13). The van der Waals surface area contributed by atoms with Crippen LogP contribution in [-0.4, -0.2) is 23.4 Å². The van der Waals surface area contributed by atoms with Gasteiger partial charge in [0.1, 0.15) is 5.66 Å². The van der Waals surface area contributed by atoms with Crippen LogP contribution in [0.25, 0.3) is 0 Å². The molecule has 3 atom stereocenters. The minimum absolute atomic E-state index is 0.123. The molecule has 2 heterocycles. The Morgan fingerprint density at radius 2 is 2.23 bits per heavy atom. The Morgan fingerprint density at radius 3 is 2.92 bits per heavy atom. The van der Waals surface area contributed by atoms with E-state index in [2.05, 4.69) is 21.2 Å². The average molecular weight is 182 g/mol. The number of hydrogen-bond acceptors (Lipinski definition) is 3. The van der Waals surface area contributed by atoms with Crippen LogP contribution < -0.4 is 16.1 Å². The van der Waals surface area contributed by atoms with Crippen molar-refractivity contribution in [3.8, 4) is 0 Å². The minimum Gasteiger partial charge on any atom is -0.335 e.